The molecule has 2 aliphatic heterocycles. The van der Waals surface area contributed by atoms with Gasteiger partial charge in [0.15, 0.2) is 5.71 Å². The van der Waals surface area contributed by atoms with Crippen LogP contribution in [0.2, 0.25) is 10.0 Å². The molecule has 0 fully saturated rings. The number of anilines is 1. The zero-order valence-corrected chi connectivity index (χ0v) is 42.8. The van der Waals surface area contributed by atoms with Gasteiger partial charge in [-0.3, -0.25) is 9.69 Å². The molecular weight excluding hydrogens is 911 g/mol. The van der Waals surface area contributed by atoms with Crippen LogP contribution >= 0.6 is 34.8 Å². The second-order valence-electron chi connectivity index (χ2n) is 19.2. The topological polar surface area (TPSA) is 88.0 Å². The highest BCUT2D eigenvalue weighted by atomic mass is 35.5. The van der Waals surface area contributed by atoms with Crippen LogP contribution in [-0.2, 0) is 20.4 Å². The average Bonchev–Trinajstić information content (AvgIpc) is 3.66. The van der Waals surface area contributed by atoms with Gasteiger partial charge in [0.2, 0.25) is 11.6 Å². The van der Waals surface area contributed by atoms with Gasteiger partial charge < -0.3 is 24.9 Å². The Morgan fingerprint density at radius 1 is 0.853 bits per heavy atom. The van der Waals surface area contributed by atoms with Crippen LogP contribution in [0, 0.1) is 12.3 Å². The normalized spacial score (nSPS) is 17.4. The van der Waals surface area contributed by atoms with Crippen LogP contribution in [0.3, 0.4) is 0 Å². The van der Waals surface area contributed by atoms with Crippen molar-refractivity contribution in [2.24, 2.45) is 0 Å². The molecule has 68 heavy (non-hydrogen) atoms. The fraction of sp³-hybridized carbons (Fsp3) is 0.456. The van der Waals surface area contributed by atoms with Crippen LogP contribution in [0.4, 0.5) is 11.4 Å². The molecule has 11 heteroatoms. The van der Waals surface area contributed by atoms with E-state index in [2.05, 4.69) is 126 Å². The third kappa shape index (κ3) is 13.7. The molecule has 0 saturated heterocycles. The molecule has 0 aromatic heterocycles. The summed E-state index contributed by atoms with van der Waals surface area (Å²) in [7, 11) is 0. The van der Waals surface area contributed by atoms with Crippen LogP contribution in [0.25, 0.3) is 0 Å². The molecule has 0 saturated carbocycles. The Morgan fingerprint density at radius 3 is 2.37 bits per heavy atom. The number of terminal acetylenes is 1. The number of allylic oxidation sites excluding steroid dienone is 8. The van der Waals surface area contributed by atoms with Crippen LogP contribution in [0.1, 0.15) is 122 Å². The summed E-state index contributed by atoms with van der Waals surface area (Å²) in [5.41, 5.74) is 9.47. The number of halogens is 3. The molecule has 1 aliphatic carbocycles. The Morgan fingerprint density at radius 2 is 1.59 bits per heavy atom. The monoisotopic (exact) mass is 978 g/mol. The van der Waals surface area contributed by atoms with Crippen LogP contribution in [0.15, 0.2) is 113 Å². The van der Waals surface area contributed by atoms with Gasteiger partial charge in [-0.05, 0) is 125 Å². The van der Waals surface area contributed by atoms with Crippen molar-refractivity contribution in [2.75, 3.05) is 50.8 Å². The van der Waals surface area contributed by atoms with Gasteiger partial charge in [-0.25, -0.2) is 0 Å². The SMILES string of the molecule is C#CCN(CCCNC(=O)CCCCC[N+]1=C(/C=C/C2=C(Cl)C(=C/C=C3\N(CCCCCC(=O)[O-])c4ccccc4C3(C)C)/CCC2)C(C)(C)c2ccccc21)CCCOc1ccc(Cl)cc1Cl. The zero-order chi connectivity index (χ0) is 48.7. The number of carbonyl (C=O) groups is 2. The quantitative estimate of drug-likeness (QED) is 0.0517. The first kappa shape index (κ1) is 52.6. The largest absolute Gasteiger partial charge is 0.550 e. The number of hydrogen-bond donors (Lipinski definition) is 1. The van der Waals surface area contributed by atoms with Gasteiger partial charge in [0, 0.05) is 89.6 Å². The molecule has 2 heterocycles. The zero-order valence-electron chi connectivity index (χ0n) is 40.5. The number of fused-ring (bicyclic) bond motifs is 2. The van der Waals surface area contributed by atoms with Gasteiger partial charge in [0.05, 0.1) is 23.6 Å². The summed E-state index contributed by atoms with van der Waals surface area (Å²) in [6, 6.07) is 22.5. The molecule has 8 nitrogen and oxygen atoms in total. The first-order valence-corrected chi connectivity index (χ1v) is 25.7. The number of carboxylic acids is 1. The minimum absolute atomic E-state index is 0.0873. The minimum atomic E-state index is -0.985. The fourth-order valence-corrected chi connectivity index (χ4v) is 10.6. The van der Waals surface area contributed by atoms with Crippen LogP contribution < -0.4 is 20.1 Å². The molecule has 6 rings (SSSR count). The second kappa shape index (κ2) is 25.2. The summed E-state index contributed by atoms with van der Waals surface area (Å²) in [5.74, 6) is 2.46. The number of rotatable bonds is 25. The van der Waals surface area contributed by atoms with Crippen molar-refractivity contribution in [3.8, 4) is 18.1 Å². The van der Waals surface area contributed by atoms with Gasteiger partial charge in [0.25, 0.3) is 0 Å². The lowest BCUT2D eigenvalue weighted by Gasteiger charge is -2.27. The van der Waals surface area contributed by atoms with E-state index in [1.165, 1.54) is 33.9 Å². The lowest BCUT2D eigenvalue weighted by molar-refractivity contribution is -0.438. The smallest absolute Gasteiger partial charge is 0.219 e. The summed E-state index contributed by atoms with van der Waals surface area (Å²) in [6.45, 7) is 14.1. The van der Waals surface area contributed by atoms with Crippen LogP contribution in [0.5, 0.6) is 5.75 Å². The van der Waals surface area contributed by atoms with Gasteiger partial charge >= 0.3 is 0 Å². The summed E-state index contributed by atoms with van der Waals surface area (Å²) in [4.78, 5) is 28.4. The molecule has 3 aliphatic rings. The van der Waals surface area contributed by atoms with Gasteiger partial charge in [-0.15, -0.1) is 6.42 Å². The standard InChI is InChI=1S/C57H69Cl3N4O4/c1-6-35-62(37-19-40-68-50-31-30-44(58)41-47(50)59)36-18-34-61-53(65)26-9-7-15-38-63-48-24-13-11-22-45(48)56(2,3)51(63)32-28-42-20-17-21-43(55(42)60)29-33-52-57(4,5)46-23-12-14-25-49(46)64(52)39-16-8-10-27-54(66)67/h1,11-14,22-25,28-33,41H,7-10,15-21,26-27,34-40H2,2-5H3,(H-,61,65,66,67). The van der Waals surface area contributed by atoms with E-state index in [-0.39, 0.29) is 23.2 Å². The number of aliphatic carboxylic acids is 1. The van der Waals surface area contributed by atoms with Crippen molar-refractivity contribution >= 4 is 63.8 Å². The Hall–Kier alpha value is -4.78. The number of nitrogens with zero attached hydrogens (tertiary/aromatic N) is 3. The molecule has 362 valence electrons. The van der Waals surface area contributed by atoms with Crippen molar-refractivity contribution in [2.45, 2.75) is 122 Å². The second-order valence-corrected chi connectivity index (χ2v) is 20.4. The number of unbranched alkanes of at least 4 members (excludes halogenated alkanes) is 4. The van der Waals surface area contributed by atoms with Crippen LogP contribution in [-0.4, -0.2) is 72.9 Å². The highest BCUT2D eigenvalue weighted by Crippen LogP contribution is 2.48. The lowest BCUT2D eigenvalue weighted by Crippen LogP contribution is -2.31. The Labute approximate surface area is 420 Å². The lowest BCUT2D eigenvalue weighted by atomic mass is 9.81. The van der Waals surface area contributed by atoms with Crippen molar-refractivity contribution in [1.29, 1.82) is 0 Å². The minimum Gasteiger partial charge on any atom is -0.550 e. The van der Waals surface area contributed by atoms with Crippen molar-refractivity contribution in [3.05, 3.63) is 134 Å². The predicted octanol–water partition coefficient (Wildman–Crippen LogP) is 12.0. The van der Waals surface area contributed by atoms with E-state index < -0.39 is 5.97 Å². The number of amides is 1. The Bertz CT molecular complexity index is 2460. The Balaban J connectivity index is 1.03. The maximum atomic E-state index is 12.8. The highest BCUT2D eigenvalue weighted by molar-refractivity contribution is 6.35. The molecule has 0 bridgehead atoms. The number of nitrogens with one attached hydrogen (secondary N) is 1. The maximum absolute atomic E-state index is 12.8. The number of ether oxygens (including phenoxy) is 1. The fourth-order valence-electron chi connectivity index (χ4n) is 9.86. The van der Waals surface area contributed by atoms with Gasteiger partial charge in [0.1, 0.15) is 12.3 Å². The van der Waals surface area contributed by atoms with Gasteiger partial charge in [-0.1, -0.05) is 110 Å². The summed E-state index contributed by atoms with van der Waals surface area (Å²) in [6.07, 6.45) is 24.9. The third-order valence-corrected chi connectivity index (χ3v) is 14.6. The van der Waals surface area contributed by atoms with E-state index in [0.717, 1.165) is 107 Å². The van der Waals surface area contributed by atoms with E-state index in [9.17, 15) is 14.7 Å². The molecule has 0 atom stereocenters. The molecule has 0 spiro atoms. The van der Waals surface area contributed by atoms with E-state index >= 15 is 0 Å². The van der Waals surface area contributed by atoms with Crippen molar-refractivity contribution in [3.63, 3.8) is 0 Å². The number of para-hydroxylation sites is 2. The highest BCUT2D eigenvalue weighted by Gasteiger charge is 2.44. The average molecular weight is 981 g/mol. The molecule has 3 aromatic carbocycles. The first-order valence-electron chi connectivity index (χ1n) is 24.5. The predicted molar refractivity (Wildman–Crippen MR) is 280 cm³/mol. The number of carboxylic acid groups (broad SMARTS) is 1. The molecule has 0 unspecified atom stereocenters. The van der Waals surface area contributed by atoms with E-state index in [1.54, 1.807) is 18.2 Å². The van der Waals surface area contributed by atoms with E-state index in [1.807, 2.05) is 0 Å². The molecular formula is C57H69Cl3N4O4. The molecule has 0 radical (unpaired) electrons. The summed E-state index contributed by atoms with van der Waals surface area (Å²) >= 11 is 19.5. The molecule has 1 amide bonds. The van der Waals surface area contributed by atoms with E-state index in [4.69, 9.17) is 46.0 Å². The number of carbonyl (C=O) groups excluding carboxylic acids is 2. The first-order chi connectivity index (χ1) is 32.7. The third-order valence-electron chi connectivity index (χ3n) is 13.5. The summed E-state index contributed by atoms with van der Waals surface area (Å²) in [5, 5.41) is 16.0. The number of benzene rings is 3. The van der Waals surface area contributed by atoms with Crippen molar-refractivity contribution < 1.29 is 24.0 Å². The molecule has 1 N–H and O–H groups in total. The Kier molecular flexibility index (Phi) is 19.5. The van der Waals surface area contributed by atoms with Gasteiger partial charge in [-0.2, -0.15) is 4.58 Å². The maximum Gasteiger partial charge on any atom is 0.219 e. The summed E-state index contributed by atoms with van der Waals surface area (Å²) < 4.78 is 8.30. The number of hydrogen-bond acceptors (Lipinski definition) is 6. The van der Waals surface area contributed by atoms with Crippen molar-refractivity contribution in [1.82, 2.24) is 10.2 Å². The molecule has 3 aromatic rings. The van der Waals surface area contributed by atoms with E-state index in [0.29, 0.717) is 48.3 Å².